The Labute approximate surface area is 144 Å². The van der Waals surface area contributed by atoms with Crippen LogP contribution < -0.4 is 11.1 Å². The molecule has 1 rings (SSSR count). The number of carbonyl (C=O) groups excluding carboxylic acids is 1. The van der Waals surface area contributed by atoms with E-state index in [4.69, 9.17) is 5.73 Å². The van der Waals surface area contributed by atoms with Gasteiger partial charge >= 0.3 is 0 Å². The second-order valence-corrected chi connectivity index (χ2v) is 5.46. The van der Waals surface area contributed by atoms with Crippen LogP contribution in [-0.4, -0.2) is 30.9 Å². The first-order valence-corrected chi connectivity index (χ1v) is 6.82. The van der Waals surface area contributed by atoms with E-state index in [0.29, 0.717) is 31.5 Å². The Morgan fingerprint density at radius 2 is 2.00 bits per heavy atom. The topological polar surface area (TPSA) is 58.4 Å². The number of nitrogens with zero attached hydrogens (tertiary/aromatic N) is 1. The summed E-state index contributed by atoms with van der Waals surface area (Å²) in [6.07, 6.45) is 1.09. The van der Waals surface area contributed by atoms with Crippen LogP contribution in [0.2, 0.25) is 0 Å². The van der Waals surface area contributed by atoms with Crippen LogP contribution in [0.1, 0.15) is 30.9 Å². The molecule has 22 heavy (non-hydrogen) atoms. The molecule has 128 valence electrons. The summed E-state index contributed by atoms with van der Waals surface area (Å²) in [5.74, 6) is -0.244. The number of carbonyl (C=O) groups is 1. The van der Waals surface area contributed by atoms with E-state index in [1.54, 1.807) is 12.1 Å². The van der Waals surface area contributed by atoms with Gasteiger partial charge in [-0.3, -0.25) is 4.79 Å². The summed E-state index contributed by atoms with van der Waals surface area (Å²) in [7, 11) is 3.78. The Morgan fingerprint density at radius 3 is 2.55 bits per heavy atom. The van der Waals surface area contributed by atoms with Crippen molar-refractivity contribution in [1.82, 2.24) is 10.2 Å². The predicted molar refractivity (Wildman–Crippen MR) is 93.0 cm³/mol. The zero-order valence-corrected chi connectivity index (χ0v) is 14.9. The Balaban J connectivity index is 0. The second-order valence-electron chi connectivity index (χ2n) is 5.46. The zero-order valence-electron chi connectivity index (χ0n) is 13.3. The van der Waals surface area contributed by atoms with Crippen molar-refractivity contribution < 1.29 is 9.18 Å². The average molecular weight is 354 g/mol. The van der Waals surface area contributed by atoms with Crippen molar-refractivity contribution >= 4 is 30.7 Å². The highest BCUT2D eigenvalue weighted by atomic mass is 35.5. The summed E-state index contributed by atoms with van der Waals surface area (Å²) >= 11 is 0. The quantitative estimate of drug-likeness (QED) is 0.791. The molecule has 1 aromatic carbocycles. The van der Waals surface area contributed by atoms with Crippen LogP contribution in [0.4, 0.5) is 4.39 Å². The molecule has 0 heterocycles. The molecule has 0 aromatic heterocycles. The van der Waals surface area contributed by atoms with Gasteiger partial charge in [-0.05, 0) is 45.1 Å². The minimum atomic E-state index is -0.217. The van der Waals surface area contributed by atoms with Crippen LogP contribution in [0.25, 0.3) is 0 Å². The highest BCUT2D eigenvalue weighted by Gasteiger charge is 2.07. The van der Waals surface area contributed by atoms with E-state index in [1.165, 1.54) is 6.07 Å². The van der Waals surface area contributed by atoms with Gasteiger partial charge in [0.15, 0.2) is 0 Å². The van der Waals surface area contributed by atoms with E-state index in [2.05, 4.69) is 5.32 Å². The molecular weight excluding hydrogens is 328 g/mol. The Bertz CT molecular complexity index is 456. The molecule has 0 saturated carbocycles. The molecule has 0 aliphatic heterocycles. The minimum Gasteiger partial charge on any atom is -0.352 e. The minimum absolute atomic E-state index is 0. The lowest BCUT2D eigenvalue weighted by molar-refractivity contribution is -0.121. The first-order chi connectivity index (χ1) is 9.38. The molecule has 1 unspecified atom stereocenters. The van der Waals surface area contributed by atoms with Gasteiger partial charge in [-0.2, -0.15) is 0 Å². The molecular formula is C15H26Cl2FN3O. The lowest BCUT2D eigenvalue weighted by Gasteiger charge is -2.12. The fourth-order valence-electron chi connectivity index (χ4n) is 1.85. The molecule has 1 aromatic rings. The van der Waals surface area contributed by atoms with Crippen molar-refractivity contribution in [3.8, 4) is 0 Å². The highest BCUT2D eigenvalue weighted by molar-refractivity contribution is 5.85. The maximum atomic E-state index is 13.6. The summed E-state index contributed by atoms with van der Waals surface area (Å²) in [6, 6.07) is 4.96. The number of hydrogen-bond donors (Lipinski definition) is 2. The molecule has 4 nitrogen and oxygen atoms in total. The summed E-state index contributed by atoms with van der Waals surface area (Å²) in [5.41, 5.74) is 7.14. The van der Waals surface area contributed by atoms with E-state index < -0.39 is 0 Å². The molecule has 0 spiro atoms. The van der Waals surface area contributed by atoms with Gasteiger partial charge in [-0.25, -0.2) is 4.39 Å². The molecule has 0 saturated heterocycles. The van der Waals surface area contributed by atoms with Gasteiger partial charge in [-0.15, -0.1) is 24.8 Å². The second kappa shape index (κ2) is 11.7. The third-order valence-electron chi connectivity index (χ3n) is 2.91. The summed E-state index contributed by atoms with van der Waals surface area (Å²) in [5, 5.41) is 2.82. The van der Waals surface area contributed by atoms with Crippen molar-refractivity contribution in [2.45, 2.75) is 38.9 Å². The van der Waals surface area contributed by atoms with Crippen LogP contribution in [0.15, 0.2) is 18.2 Å². The lowest BCUT2D eigenvalue weighted by atomic mass is 10.1. The van der Waals surface area contributed by atoms with Gasteiger partial charge < -0.3 is 16.0 Å². The van der Waals surface area contributed by atoms with Gasteiger partial charge in [-0.1, -0.05) is 6.07 Å². The van der Waals surface area contributed by atoms with Gasteiger partial charge in [0, 0.05) is 31.1 Å². The largest absolute Gasteiger partial charge is 0.352 e. The molecule has 0 aliphatic carbocycles. The van der Waals surface area contributed by atoms with Crippen LogP contribution in [0.3, 0.4) is 0 Å². The third kappa shape index (κ3) is 9.20. The average Bonchev–Trinajstić information content (AvgIpc) is 2.36. The van der Waals surface area contributed by atoms with Crippen molar-refractivity contribution in [2.75, 3.05) is 14.1 Å². The molecule has 0 bridgehead atoms. The van der Waals surface area contributed by atoms with Crippen LogP contribution in [0.5, 0.6) is 0 Å². The van der Waals surface area contributed by atoms with Crippen LogP contribution in [-0.2, 0) is 17.9 Å². The van der Waals surface area contributed by atoms with Crippen molar-refractivity contribution in [3.05, 3.63) is 35.1 Å². The number of rotatable bonds is 7. The molecule has 7 heteroatoms. The first-order valence-electron chi connectivity index (χ1n) is 6.82. The summed E-state index contributed by atoms with van der Waals surface area (Å²) in [4.78, 5) is 13.5. The van der Waals surface area contributed by atoms with Crippen molar-refractivity contribution in [3.63, 3.8) is 0 Å². The van der Waals surface area contributed by atoms with E-state index in [9.17, 15) is 9.18 Å². The fourth-order valence-corrected chi connectivity index (χ4v) is 1.85. The smallest absolute Gasteiger partial charge is 0.220 e. The van der Waals surface area contributed by atoms with E-state index in [0.717, 1.165) is 5.56 Å². The highest BCUT2D eigenvalue weighted by Crippen LogP contribution is 2.12. The van der Waals surface area contributed by atoms with Crippen molar-refractivity contribution in [1.29, 1.82) is 0 Å². The van der Waals surface area contributed by atoms with E-state index in [-0.39, 0.29) is 42.6 Å². The zero-order chi connectivity index (χ0) is 15.1. The Kier molecular flexibility index (Phi) is 12.4. The van der Waals surface area contributed by atoms with Gasteiger partial charge in [0.05, 0.1) is 0 Å². The number of amides is 1. The monoisotopic (exact) mass is 353 g/mol. The number of nitrogens with two attached hydrogens (primary N) is 1. The van der Waals surface area contributed by atoms with Crippen molar-refractivity contribution in [2.24, 2.45) is 5.73 Å². The van der Waals surface area contributed by atoms with Crippen LogP contribution in [0, 0.1) is 5.82 Å². The lowest BCUT2D eigenvalue weighted by Crippen LogP contribution is -2.25. The number of benzene rings is 1. The fraction of sp³-hybridized carbons (Fsp3) is 0.533. The number of halogens is 3. The summed E-state index contributed by atoms with van der Waals surface area (Å²) in [6.45, 7) is 2.83. The predicted octanol–water partition coefficient (Wildman–Crippen LogP) is 2.47. The molecule has 1 atom stereocenters. The molecule has 3 N–H and O–H groups in total. The Morgan fingerprint density at radius 1 is 1.36 bits per heavy atom. The van der Waals surface area contributed by atoms with Crippen LogP contribution >= 0.6 is 24.8 Å². The maximum absolute atomic E-state index is 13.6. The molecule has 0 fully saturated rings. The molecule has 0 radical (unpaired) electrons. The summed E-state index contributed by atoms with van der Waals surface area (Å²) < 4.78 is 13.6. The SMILES string of the molecule is CC(N)CCC(=O)NCc1ccc(F)c(CN(C)C)c1.Cl.Cl. The van der Waals surface area contributed by atoms with Gasteiger partial charge in [0.25, 0.3) is 0 Å². The standard InChI is InChI=1S/C15H24FN3O.2ClH/c1-11(17)4-7-15(20)18-9-12-5-6-14(16)13(8-12)10-19(2)3;;/h5-6,8,11H,4,7,9-10,17H2,1-3H3,(H,18,20);2*1H. The van der Waals surface area contributed by atoms with E-state index in [1.807, 2.05) is 25.9 Å². The number of nitrogens with one attached hydrogen (secondary N) is 1. The number of hydrogen-bond acceptors (Lipinski definition) is 3. The Hall–Kier alpha value is -0.880. The van der Waals surface area contributed by atoms with Gasteiger partial charge in [0.1, 0.15) is 5.82 Å². The normalized spacial score (nSPS) is 11.4. The molecule has 0 aliphatic rings. The maximum Gasteiger partial charge on any atom is 0.220 e. The first kappa shape index (κ1) is 23.4. The third-order valence-corrected chi connectivity index (χ3v) is 2.91. The molecule has 1 amide bonds. The van der Waals surface area contributed by atoms with Gasteiger partial charge in [0.2, 0.25) is 5.91 Å². The van der Waals surface area contributed by atoms with E-state index >= 15 is 0 Å².